The van der Waals surface area contributed by atoms with Gasteiger partial charge in [-0.2, -0.15) is 4.98 Å². The van der Waals surface area contributed by atoms with Crippen LogP contribution in [0.5, 0.6) is 11.5 Å². The molecule has 1 fully saturated rings. The fourth-order valence-corrected chi connectivity index (χ4v) is 3.96. The summed E-state index contributed by atoms with van der Waals surface area (Å²) in [5.41, 5.74) is 1.53. The van der Waals surface area contributed by atoms with Crippen LogP contribution in [0.25, 0.3) is 11.5 Å². The Morgan fingerprint density at radius 1 is 1.06 bits per heavy atom. The predicted molar refractivity (Wildman–Crippen MR) is 127 cm³/mol. The third-order valence-electron chi connectivity index (χ3n) is 5.43. The van der Waals surface area contributed by atoms with Gasteiger partial charge in [0.2, 0.25) is 0 Å². The molecule has 0 atom stereocenters. The molecule has 2 heterocycles. The summed E-state index contributed by atoms with van der Waals surface area (Å²) in [7, 11) is 3.19. The van der Waals surface area contributed by atoms with Gasteiger partial charge in [0.25, 0.3) is 5.89 Å². The minimum Gasteiger partial charge on any atom is -0.497 e. The third kappa shape index (κ3) is 5.77. The number of hydrogen-bond donors (Lipinski definition) is 1. The van der Waals surface area contributed by atoms with Crippen molar-refractivity contribution in [1.29, 1.82) is 0 Å². The van der Waals surface area contributed by atoms with Crippen LogP contribution in [0.4, 0.5) is 10.5 Å². The van der Waals surface area contributed by atoms with Crippen LogP contribution in [-0.4, -0.2) is 72.6 Å². The lowest BCUT2D eigenvalue weighted by Gasteiger charge is -2.34. The first-order valence-electron chi connectivity index (χ1n) is 10.6. The second kappa shape index (κ2) is 10.6. The van der Waals surface area contributed by atoms with Gasteiger partial charge in [-0.1, -0.05) is 5.16 Å². The number of piperazine rings is 1. The molecule has 4 rings (SSSR count). The van der Waals surface area contributed by atoms with Crippen molar-refractivity contribution in [2.45, 2.75) is 11.4 Å². The Labute approximate surface area is 197 Å². The van der Waals surface area contributed by atoms with Crippen LogP contribution >= 0.6 is 11.8 Å². The van der Waals surface area contributed by atoms with E-state index in [2.05, 4.69) is 20.4 Å². The Morgan fingerprint density at radius 2 is 1.73 bits per heavy atom. The highest BCUT2D eigenvalue weighted by Crippen LogP contribution is 2.29. The van der Waals surface area contributed by atoms with Gasteiger partial charge in [0.15, 0.2) is 5.82 Å². The highest BCUT2D eigenvalue weighted by atomic mass is 32.2. The van der Waals surface area contributed by atoms with Gasteiger partial charge >= 0.3 is 6.03 Å². The summed E-state index contributed by atoms with van der Waals surface area (Å²) in [6, 6.07) is 13.2. The molecule has 2 aromatic carbocycles. The quantitative estimate of drug-likeness (QED) is 0.522. The van der Waals surface area contributed by atoms with Crippen molar-refractivity contribution < 1.29 is 18.8 Å². The number of rotatable bonds is 7. The van der Waals surface area contributed by atoms with E-state index in [1.54, 1.807) is 32.0 Å². The zero-order valence-electron chi connectivity index (χ0n) is 18.9. The van der Waals surface area contributed by atoms with Crippen LogP contribution in [0.3, 0.4) is 0 Å². The van der Waals surface area contributed by atoms with E-state index in [4.69, 9.17) is 14.0 Å². The van der Waals surface area contributed by atoms with Crippen LogP contribution in [-0.2, 0) is 6.54 Å². The van der Waals surface area contributed by atoms with Crippen molar-refractivity contribution >= 4 is 23.5 Å². The first-order valence-corrected chi connectivity index (χ1v) is 11.8. The zero-order chi connectivity index (χ0) is 23.2. The molecule has 1 aliphatic rings. The summed E-state index contributed by atoms with van der Waals surface area (Å²) >= 11 is 1.67. The van der Waals surface area contributed by atoms with Crippen LogP contribution in [0.2, 0.25) is 0 Å². The standard InChI is InChI=1S/C23H27N5O4S/c1-30-18-12-16(13-19(14-18)31-2)22-25-21(26-32-22)15-27-8-10-28(11-9-27)23(29)24-17-4-6-20(33-3)7-5-17/h4-7,12-14H,8-11,15H2,1-3H3,(H,24,29). The van der Waals surface area contributed by atoms with Gasteiger partial charge in [-0.25, -0.2) is 4.79 Å². The average Bonchev–Trinajstić information content (AvgIpc) is 3.33. The Morgan fingerprint density at radius 3 is 2.33 bits per heavy atom. The highest BCUT2D eigenvalue weighted by Gasteiger charge is 2.23. The summed E-state index contributed by atoms with van der Waals surface area (Å²) in [5, 5.41) is 7.08. The number of carbonyl (C=O) groups is 1. The number of nitrogens with one attached hydrogen (secondary N) is 1. The topological polar surface area (TPSA) is 93.0 Å². The van der Waals surface area contributed by atoms with Crippen molar-refractivity contribution in [2.24, 2.45) is 0 Å². The van der Waals surface area contributed by atoms with Gasteiger partial charge in [0.05, 0.1) is 20.8 Å². The van der Waals surface area contributed by atoms with Crippen LogP contribution in [0, 0.1) is 0 Å². The summed E-state index contributed by atoms with van der Waals surface area (Å²) in [4.78, 5) is 22.3. The lowest BCUT2D eigenvalue weighted by Crippen LogP contribution is -2.49. The van der Waals surface area contributed by atoms with E-state index < -0.39 is 0 Å². The Hall–Kier alpha value is -3.24. The van der Waals surface area contributed by atoms with Crippen molar-refractivity contribution in [1.82, 2.24) is 19.9 Å². The van der Waals surface area contributed by atoms with Gasteiger partial charge in [0.1, 0.15) is 11.5 Å². The summed E-state index contributed by atoms with van der Waals surface area (Å²) < 4.78 is 16.1. The normalized spacial score (nSPS) is 14.2. The molecule has 0 unspecified atom stereocenters. The molecule has 0 bridgehead atoms. The molecule has 0 spiro atoms. The number of urea groups is 1. The molecule has 1 aromatic heterocycles. The number of aromatic nitrogens is 2. The van der Waals surface area contributed by atoms with Gasteiger partial charge in [-0.3, -0.25) is 4.90 Å². The van der Waals surface area contributed by atoms with E-state index in [1.807, 2.05) is 47.6 Å². The molecule has 1 saturated heterocycles. The second-order valence-corrected chi connectivity index (χ2v) is 8.42. The van der Waals surface area contributed by atoms with E-state index >= 15 is 0 Å². The van der Waals surface area contributed by atoms with Crippen LogP contribution in [0.1, 0.15) is 5.82 Å². The van der Waals surface area contributed by atoms with Crippen molar-refractivity contribution in [2.75, 3.05) is 52.0 Å². The van der Waals surface area contributed by atoms with E-state index in [-0.39, 0.29) is 6.03 Å². The van der Waals surface area contributed by atoms with Crippen molar-refractivity contribution in [3.05, 3.63) is 48.3 Å². The Kier molecular flexibility index (Phi) is 7.36. The molecule has 0 saturated carbocycles. The molecule has 0 aliphatic carbocycles. The zero-order valence-corrected chi connectivity index (χ0v) is 19.7. The number of carbonyl (C=O) groups excluding carboxylic acids is 1. The first kappa shape index (κ1) is 22.9. The van der Waals surface area contributed by atoms with Crippen molar-refractivity contribution in [3.63, 3.8) is 0 Å². The van der Waals surface area contributed by atoms with E-state index in [9.17, 15) is 4.79 Å². The van der Waals surface area contributed by atoms with E-state index in [1.165, 1.54) is 0 Å². The van der Waals surface area contributed by atoms with Crippen LogP contribution < -0.4 is 14.8 Å². The number of anilines is 1. The molecule has 10 heteroatoms. The smallest absolute Gasteiger partial charge is 0.321 e. The number of amides is 2. The summed E-state index contributed by atoms with van der Waals surface area (Å²) in [6.45, 7) is 3.28. The van der Waals surface area contributed by atoms with Gasteiger partial charge in [-0.15, -0.1) is 11.8 Å². The molecule has 1 aliphatic heterocycles. The van der Waals surface area contributed by atoms with Gasteiger partial charge in [-0.05, 0) is 42.7 Å². The molecule has 33 heavy (non-hydrogen) atoms. The molecular formula is C23H27N5O4S. The first-order chi connectivity index (χ1) is 16.1. The second-order valence-electron chi connectivity index (χ2n) is 7.54. The predicted octanol–water partition coefficient (Wildman–Crippen LogP) is 3.83. The van der Waals surface area contributed by atoms with E-state index in [0.29, 0.717) is 42.8 Å². The molecule has 2 amide bonds. The number of methoxy groups -OCH3 is 2. The molecule has 1 N–H and O–H groups in total. The van der Waals surface area contributed by atoms with Gasteiger partial charge in [0, 0.05) is 48.4 Å². The average molecular weight is 470 g/mol. The maximum atomic E-state index is 12.6. The summed E-state index contributed by atoms with van der Waals surface area (Å²) in [5.74, 6) is 2.31. The molecule has 0 radical (unpaired) electrons. The lowest BCUT2D eigenvalue weighted by atomic mass is 10.2. The Balaban J connectivity index is 1.30. The number of benzene rings is 2. The molecule has 9 nitrogen and oxygen atoms in total. The molecule has 174 valence electrons. The lowest BCUT2D eigenvalue weighted by molar-refractivity contribution is 0.140. The fraction of sp³-hybridized carbons (Fsp3) is 0.348. The van der Waals surface area contributed by atoms with E-state index in [0.717, 1.165) is 29.2 Å². The fourth-order valence-electron chi connectivity index (χ4n) is 3.55. The molecule has 3 aromatic rings. The largest absolute Gasteiger partial charge is 0.497 e. The number of thioether (sulfide) groups is 1. The minimum absolute atomic E-state index is 0.0830. The molecular weight excluding hydrogens is 442 g/mol. The van der Waals surface area contributed by atoms with Crippen molar-refractivity contribution in [3.8, 4) is 23.0 Å². The Bertz CT molecular complexity index is 1060. The maximum Gasteiger partial charge on any atom is 0.321 e. The minimum atomic E-state index is -0.0830. The van der Waals surface area contributed by atoms with Crippen LogP contribution in [0.15, 0.2) is 51.9 Å². The number of ether oxygens (including phenoxy) is 2. The monoisotopic (exact) mass is 469 g/mol. The summed E-state index contributed by atoms with van der Waals surface area (Å²) in [6.07, 6.45) is 2.03. The van der Waals surface area contributed by atoms with Gasteiger partial charge < -0.3 is 24.2 Å². The number of hydrogen-bond acceptors (Lipinski definition) is 8. The SMILES string of the molecule is COc1cc(OC)cc(-c2nc(CN3CCN(C(=O)Nc4ccc(SC)cc4)CC3)no2)c1. The maximum absolute atomic E-state index is 12.6. The third-order valence-corrected chi connectivity index (χ3v) is 6.18. The number of nitrogens with zero attached hydrogens (tertiary/aromatic N) is 4. The highest BCUT2D eigenvalue weighted by molar-refractivity contribution is 7.98.